The Labute approximate surface area is 126 Å². The average molecular weight is 366 g/mol. The number of halogens is 1. The number of amidine groups is 1. The molecular weight excluding hydrogens is 350 g/mol. The van der Waals surface area contributed by atoms with Gasteiger partial charge in [-0.2, -0.15) is 0 Å². The Morgan fingerprint density at radius 3 is 2.85 bits per heavy atom. The molecule has 1 aromatic carbocycles. The molecule has 0 saturated heterocycles. The van der Waals surface area contributed by atoms with E-state index in [0.29, 0.717) is 11.1 Å². The first-order chi connectivity index (χ1) is 9.39. The van der Waals surface area contributed by atoms with Gasteiger partial charge in [0.25, 0.3) is 0 Å². The van der Waals surface area contributed by atoms with Gasteiger partial charge in [0.2, 0.25) is 10.0 Å². The van der Waals surface area contributed by atoms with Gasteiger partial charge in [-0.05, 0) is 25.1 Å². The summed E-state index contributed by atoms with van der Waals surface area (Å²) >= 11 is 3.24. The standard InChI is InChI=1S/C11H16BrN3O4S/c1-2-19-5-6-20(17,18)15-10-7-8(12)3-4-9(10)11(13)14-16/h3-4,7,15-16H,2,5-6H2,1H3,(H2,13,14). The van der Waals surface area contributed by atoms with Gasteiger partial charge in [0.1, 0.15) is 0 Å². The summed E-state index contributed by atoms with van der Waals surface area (Å²) in [6.07, 6.45) is 0. The minimum atomic E-state index is -3.58. The Morgan fingerprint density at radius 1 is 1.55 bits per heavy atom. The van der Waals surface area contributed by atoms with Crippen molar-refractivity contribution in [2.24, 2.45) is 10.9 Å². The number of hydrogen-bond donors (Lipinski definition) is 3. The summed E-state index contributed by atoms with van der Waals surface area (Å²) in [5.41, 5.74) is 6.03. The highest BCUT2D eigenvalue weighted by Crippen LogP contribution is 2.22. The normalized spacial score (nSPS) is 12.4. The largest absolute Gasteiger partial charge is 0.409 e. The topological polar surface area (TPSA) is 114 Å². The van der Waals surface area contributed by atoms with Gasteiger partial charge < -0.3 is 15.7 Å². The van der Waals surface area contributed by atoms with Crippen LogP contribution in [-0.2, 0) is 14.8 Å². The van der Waals surface area contributed by atoms with Gasteiger partial charge in [-0.25, -0.2) is 8.42 Å². The summed E-state index contributed by atoms with van der Waals surface area (Å²) in [5.74, 6) is -0.358. The molecule has 0 aliphatic heterocycles. The third-order valence-electron chi connectivity index (χ3n) is 2.33. The lowest BCUT2D eigenvalue weighted by Crippen LogP contribution is -2.23. The van der Waals surface area contributed by atoms with Crippen LogP contribution in [0.1, 0.15) is 12.5 Å². The summed E-state index contributed by atoms with van der Waals surface area (Å²) in [4.78, 5) is 0. The highest BCUT2D eigenvalue weighted by molar-refractivity contribution is 9.10. The maximum absolute atomic E-state index is 11.9. The zero-order chi connectivity index (χ0) is 15.2. The van der Waals surface area contributed by atoms with Crippen molar-refractivity contribution in [3.63, 3.8) is 0 Å². The summed E-state index contributed by atoms with van der Waals surface area (Å²) in [7, 11) is -3.58. The molecule has 0 aromatic heterocycles. The van der Waals surface area contributed by atoms with Gasteiger partial charge in [0.05, 0.1) is 18.0 Å². The minimum Gasteiger partial charge on any atom is -0.409 e. The van der Waals surface area contributed by atoms with E-state index < -0.39 is 10.0 Å². The van der Waals surface area contributed by atoms with E-state index >= 15 is 0 Å². The second-order valence-electron chi connectivity index (χ2n) is 3.79. The molecule has 0 radical (unpaired) electrons. The van der Waals surface area contributed by atoms with Gasteiger partial charge >= 0.3 is 0 Å². The van der Waals surface area contributed by atoms with Crippen molar-refractivity contribution < 1.29 is 18.4 Å². The Hall–Kier alpha value is -1.32. The molecular formula is C11H16BrN3O4S. The molecule has 0 fully saturated rings. The van der Waals surface area contributed by atoms with Crippen LogP contribution in [0.5, 0.6) is 0 Å². The zero-order valence-corrected chi connectivity index (χ0v) is 13.2. The third kappa shape index (κ3) is 4.99. The molecule has 4 N–H and O–H groups in total. The van der Waals surface area contributed by atoms with Gasteiger partial charge in [-0.15, -0.1) is 0 Å². The van der Waals surface area contributed by atoms with E-state index in [1.165, 1.54) is 6.07 Å². The van der Waals surface area contributed by atoms with E-state index in [9.17, 15) is 8.42 Å². The lowest BCUT2D eigenvalue weighted by atomic mass is 10.2. The Kier molecular flexibility index (Phi) is 6.24. The summed E-state index contributed by atoms with van der Waals surface area (Å²) in [6.45, 7) is 2.32. The number of rotatable bonds is 7. The molecule has 20 heavy (non-hydrogen) atoms. The molecule has 9 heteroatoms. The number of ether oxygens (including phenoxy) is 1. The second kappa shape index (κ2) is 7.46. The van der Waals surface area contributed by atoms with Crippen molar-refractivity contribution in [1.29, 1.82) is 0 Å². The third-order valence-corrected chi connectivity index (χ3v) is 4.06. The van der Waals surface area contributed by atoms with Crippen molar-refractivity contribution >= 4 is 37.5 Å². The quantitative estimate of drug-likeness (QED) is 0.221. The predicted octanol–water partition coefficient (Wildman–Crippen LogP) is 1.32. The van der Waals surface area contributed by atoms with Crippen LogP contribution in [0.3, 0.4) is 0 Å². The number of nitrogens with zero attached hydrogens (tertiary/aromatic N) is 1. The monoisotopic (exact) mass is 365 g/mol. The number of benzene rings is 1. The van der Waals surface area contributed by atoms with Crippen LogP contribution in [0.15, 0.2) is 27.8 Å². The van der Waals surface area contributed by atoms with E-state index in [0.717, 1.165) is 0 Å². The van der Waals surface area contributed by atoms with Crippen LogP contribution < -0.4 is 10.5 Å². The number of hydrogen-bond acceptors (Lipinski definition) is 5. The predicted molar refractivity (Wildman–Crippen MR) is 80.6 cm³/mol. The van der Waals surface area contributed by atoms with Crippen molar-refractivity contribution in [3.05, 3.63) is 28.2 Å². The highest BCUT2D eigenvalue weighted by atomic mass is 79.9. The average Bonchev–Trinajstić information content (AvgIpc) is 2.37. The first-order valence-corrected chi connectivity index (χ1v) is 8.20. The van der Waals surface area contributed by atoms with Crippen molar-refractivity contribution in [2.45, 2.75) is 6.92 Å². The Bertz CT molecular complexity index is 589. The van der Waals surface area contributed by atoms with Crippen LogP contribution in [0, 0.1) is 0 Å². The fourth-order valence-electron chi connectivity index (χ4n) is 1.41. The zero-order valence-electron chi connectivity index (χ0n) is 10.8. The molecule has 7 nitrogen and oxygen atoms in total. The lowest BCUT2D eigenvalue weighted by molar-refractivity contribution is 0.163. The van der Waals surface area contributed by atoms with Gasteiger partial charge in [0, 0.05) is 16.6 Å². The van der Waals surface area contributed by atoms with Gasteiger partial charge in [-0.3, -0.25) is 4.72 Å². The number of sulfonamides is 1. The number of nitrogens with two attached hydrogens (primary N) is 1. The SMILES string of the molecule is CCOCCS(=O)(=O)Nc1cc(Br)ccc1/C(N)=N/O. The first kappa shape index (κ1) is 16.7. The van der Waals surface area contributed by atoms with Crippen LogP contribution in [0.25, 0.3) is 0 Å². The molecule has 0 heterocycles. The van der Waals surface area contributed by atoms with Crippen molar-refractivity contribution in [1.82, 2.24) is 0 Å². The van der Waals surface area contributed by atoms with Crippen molar-refractivity contribution in [2.75, 3.05) is 23.7 Å². The molecule has 0 atom stereocenters. The minimum absolute atomic E-state index is 0.0960. The number of nitrogens with one attached hydrogen (secondary N) is 1. The van der Waals surface area contributed by atoms with E-state index in [1.807, 2.05) is 0 Å². The molecule has 0 bridgehead atoms. The number of oxime groups is 1. The molecule has 0 spiro atoms. The molecule has 112 valence electrons. The second-order valence-corrected chi connectivity index (χ2v) is 6.55. The van der Waals surface area contributed by atoms with Crippen LogP contribution in [0.2, 0.25) is 0 Å². The van der Waals surface area contributed by atoms with Crippen LogP contribution in [0.4, 0.5) is 5.69 Å². The molecule has 0 amide bonds. The Morgan fingerprint density at radius 2 is 2.25 bits per heavy atom. The molecule has 0 aliphatic rings. The van der Waals surface area contributed by atoms with E-state index in [1.54, 1.807) is 19.1 Å². The molecule has 0 unspecified atom stereocenters. The lowest BCUT2D eigenvalue weighted by Gasteiger charge is -2.12. The fraction of sp³-hybridized carbons (Fsp3) is 0.364. The van der Waals surface area contributed by atoms with Crippen LogP contribution in [-0.4, -0.2) is 38.4 Å². The molecule has 1 rings (SSSR count). The molecule has 0 saturated carbocycles. The maximum atomic E-state index is 11.9. The molecule has 1 aromatic rings. The summed E-state index contributed by atoms with van der Waals surface area (Å²) < 4.78 is 31.9. The highest BCUT2D eigenvalue weighted by Gasteiger charge is 2.15. The number of anilines is 1. The first-order valence-electron chi connectivity index (χ1n) is 5.75. The van der Waals surface area contributed by atoms with E-state index in [2.05, 4.69) is 25.8 Å². The summed E-state index contributed by atoms with van der Waals surface area (Å²) in [5, 5.41) is 11.6. The van der Waals surface area contributed by atoms with E-state index in [4.69, 9.17) is 15.7 Å². The maximum Gasteiger partial charge on any atom is 0.235 e. The van der Waals surface area contributed by atoms with Gasteiger partial charge in [-0.1, -0.05) is 21.1 Å². The Balaban J connectivity index is 2.99. The van der Waals surface area contributed by atoms with Crippen LogP contribution >= 0.6 is 15.9 Å². The molecule has 0 aliphatic carbocycles. The van der Waals surface area contributed by atoms with E-state index in [-0.39, 0.29) is 29.4 Å². The fourth-order valence-corrected chi connectivity index (χ4v) is 2.71. The smallest absolute Gasteiger partial charge is 0.235 e. The summed E-state index contributed by atoms with van der Waals surface area (Å²) in [6, 6.07) is 4.73. The van der Waals surface area contributed by atoms with Crippen molar-refractivity contribution in [3.8, 4) is 0 Å². The van der Waals surface area contributed by atoms with Gasteiger partial charge in [0.15, 0.2) is 5.84 Å².